The molecule has 1 saturated carbocycles. The molecule has 98 valence electrons. The van der Waals surface area contributed by atoms with E-state index >= 15 is 0 Å². The Morgan fingerprint density at radius 3 is 2.53 bits per heavy atom. The van der Waals surface area contributed by atoms with Gasteiger partial charge in [-0.2, -0.15) is 0 Å². The number of nitrogens with one attached hydrogen (secondary N) is 1. The standard InChI is InChI=1S/C15H28N2/c1-2-6-15(7-3-1)8-11-17(13-15)12-14-4-9-16-10-5-14/h14,16H,1-13H2. The van der Waals surface area contributed by atoms with Crippen LogP contribution in [0.25, 0.3) is 0 Å². The fourth-order valence-electron chi connectivity index (χ4n) is 4.32. The van der Waals surface area contributed by atoms with Crippen LogP contribution in [0.4, 0.5) is 0 Å². The Morgan fingerprint density at radius 1 is 1.00 bits per heavy atom. The minimum atomic E-state index is 0.755. The molecule has 1 spiro atoms. The highest BCUT2D eigenvalue weighted by molar-refractivity contribution is 4.92. The van der Waals surface area contributed by atoms with Gasteiger partial charge in [0.25, 0.3) is 0 Å². The smallest absolute Gasteiger partial charge is 0.00386 e. The van der Waals surface area contributed by atoms with Gasteiger partial charge in [-0.15, -0.1) is 0 Å². The quantitative estimate of drug-likeness (QED) is 0.793. The third-order valence-corrected chi connectivity index (χ3v) is 5.41. The molecule has 0 bridgehead atoms. The molecule has 2 saturated heterocycles. The molecule has 3 aliphatic rings. The molecule has 2 heteroatoms. The molecule has 0 aromatic rings. The van der Waals surface area contributed by atoms with Crippen LogP contribution in [0.15, 0.2) is 0 Å². The topological polar surface area (TPSA) is 15.3 Å². The third kappa shape index (κ3) is 2.85. The van der Waals surface area contributed by atoms with Crippen LogP contribution in [0.1, 0.15) is 51.4 Å². The van der Waals surface area contributed by atoms with E-state index in [0.29, 0.717) is 0 Å². The van der Waals surface area contributed by atoms with Crippen LogP contribution in [-0.4, -0.2) is 37.6 Å². The van der Waals surface area contributed by atoms with Gasteiger partial charge in [0.2, 0.25) is 0 Å². The van der Waals surface area contributed by atoms with E-state index < -0.39 is 0 Å². The Hall–Kier alpha value is -0.0800. The second kappa shape index (κ2) is 5.27. The monoisotopic (exact) mass is 236 g/mol. The van der Waals surface area contributed by atoms with E-state index in [9.17, 15) is 0 Å². The predicted octanol–water partition coefficient (Wildman–Crippen LogP) is 2.64. The highest BCUT2D eigenvalue weighted by Gasteiger charge is 2.39. The van der Waals surface area contributed by atoms with E-state index in [0.717, 1.165) is 11.3 Å². The van der Waals surface area contributed by atoms with E-state index in [2.05, 4.69) is 10.2 Å². The molecule has 0 radical (unpaired) electrons. The molecule has 3 rings (SSSR count). The summed E-state index contributed by atoms with van der Waals surface area (Å²) >= 11 is 0. The molecule has 0 amide bonds. The van der Waals surface area contributed by atoms with Gasteiger partial charge >= 0.3 is 0 Å². The summed E-state index contributed by atoms with van der Waals surface area (Å²) in [6, 6.07) is 0. The zero-order chi connectivity index (χ0) is 11.6. The summed E-state index contributed by atoms with van der Waals surface area (Å²) in [7, 11) is 0. The first kappa shape index (κ1) is 12.0. The molecule has 0 atom stereocenters. The van der Waals surface area contributed by atoms with E-state index in [4.69, 9.17) is 0 Å². The number of hydrogen-bond donors (Lipinski definition) is 1. The third-order valence-electron chi connectivity index (χ3n) is 5.41. The number of rotatable bonds is 2. The zero-order valence-electron chi connectivity index (χ0n) is 11.2. The van der Waals surface area contributed by atoms with Crippen molar-refractivity contribution in [1.29, 1.82) is 0 Å². The SMILES string of the molecule is C1CCC2(CC1)CCN(CC1CCNCC1)C2. The van der Waals surface area contributed by atoms with Crippen LogP contribution < -0.4 is 5.32 Å². The summed E-state index contributed by atoms with van der Waals surface area (Å²) in [4.78, 5) is 2.79. The first-order valence-electron chi connectivity index (χ1n) is 7.79. The predicted molar refractivity (Wildman–Crippen MR) is 72.2 cm³/mol. The molecule has 17 heavy (non-hydrogen) atoms. The lowest BCUT2D eigenvalue weighted by Crippen LogP contribution is -2.36. The molecular formula is C15H28N2. The summed E-state index contributed by atoms with van der Waals surface area (Å²) in [5.41, 5.74) is 0.755. The largest absolute Gasteiger partial charge is 0.317 e. The molecule has 3 fully saturated rings. The second-order valence-corrected chi connectivity index (χ2v) is 6.74. The van der Waals surface area contributed by atoms with Gasteiger partial charge < -0.3 is 10.2 Å². The molecule has 0 aromatic carbocycles. The van der Waals surface area contributed by atoms with Crippen LogP contribution in [0.5, 0.6) is 0 Å². The lowest BCUT2D eigenvalue weighted by molar-refractivity contribution is 0.169. The van der Waals surface area contributed by atoms with E-state index in [1.807, 2.05) is 0 Å². The first-order valence-corrected chi connectivity index (χ1v) is 7.79. The average Bonchev–Trinajstić information content (AvgIpc) is 2.74. The van der Waals surface area contributed by atoms with Crippen molar-refractivity contribution in [3.05, 3.63) is 0 Å². The van der Waals surface area contributed by atoms with Crippen molar-refractivity contribution in [2.24, 2.45) is 11.3 Å². The molecular weight excluding hydrogens is 208 g/mol. The molecule has 1 aliphatic carbocycles. The first-order chi connectivity index (χ1) is 8.36. The lowest BCUT2D eigenvalue weighted by Gasteiger charge is -2.34. The Kier molecular flexibility index (Phi) is 3.72. The van der Waals surface area contributed by atoms with E-state index in [1.54, 1.807) is 0 Å². The van der Waals surface area contributed by atoms with Crippen molar-refractivity contribution in [3.8, 4) is 0 Å². The van der Waals surface area contributed by atoms with Crippen molar-refractivity contribution in [1.82, 2.24) is 10.2 Å². The molecule has 0 aromatic heterocycles. The van der Waals surface area contributed by atoms with Crippen molar-refractivity contribution >= 4 is 0 Å². The summed E-state index contributed by atoms with van der Waals surface area (Å²) in [6.45, 7) is 6.72. The van der Waals surface area contributed by atoms with Gasteiger partial charge in [-0.25, -0.2) is 0 Å². The zero-order valence-corrected chi connectivity index (χ0v) is 11.2. The van der Waals surface area contributed by atoms with Gasteiger partial charge in [-0.05, 0) is 63.1 Å². The van der Waals surface area contributed by atoms with E-state index in [-0.39, 0.29) is 0 Å². The van der Waals surface area contributed by atoms with Gasteiger partial charge in [-0.1, -0.05) is 19.3 Å². The molecule has 2 nitrogen and oxygen atoms in total. The van der Waals surface area contributed by atoms with Crippen LogP contribution in [0, 0.1) is 11.3 Å². The maximum absolute atomic E-state index is 3.48. The van der Waals surface area contributed by atoms with E-state index in [1.165, 1.54) is 84.1 Å². The maximum atomic E-state index is 3.48. The van der Waals surface area contributed by atoms with Gasteiger partial charge in [0.15, 0.2) is 0 Å². The van der Waals surface area contributed by atoms with Crippen LogP contribution >= 0.6 is 0 Å². The highest BCUT2D eigenvalue weighted by Crippen LogP contribution is 2.43. The fourth-order valence-corrected chi connectivity index (χ4v) is 4.32. The lowest BCUT2D eigenvalue weighted by atomic mass is 9.73. The number of hydrogen-bond acceptors (Lipinski definition) is 2. The van der Waals surface area contributed by atoms with Gasteiger partial charge in [0.1, 0.15) is 0 Å². The molecule has 0 unspecified atom stereocenters. The fraction of sp³-hybridized carbons (Fsp3) is 1.00. The van der Waals surface area contributed by atoms with Crippen molar-refractivity contribution in [2.75, 3.05) is 32.7 Å². The summed E-state index contributed by atoms with van der Waals surface area (Å²) in [6.07, 6.45) is 11.9. The number of piperidine rings is 1. The number of nitrogens with zero attached hydrogens (tertiary/aromatic N) is 1. The Morgan fingerprint density at radius 2 is 1.76 bits per heavy atom. The van der Waals surface area contributed by atoms with Gasteiger partial charge in [0.05, 0.1) is 0 Å². The van der Waals surface area contributed by atoms with Gasteiger partial charge in [0, 0.05) is 13.1 Å². The molecule has 1 N–H and O–H groups in total. The summed E-state index contributed by atoms with van der Waals surface area (Å²) in [5.74, 6) is 0.981. The van der Waals surface area contributed by atoms with Crippen molar-refractivity contribution in [3.63, 3.8) is 0 Å². The number of likely N-dealkylation sites (tertiary alicyclic amines) is 1. The van der Waals surface area contributed by atoms with Gasteiger partial charge in [-0.3, -0.25) is 0 Å². The van der Waals surface area contributed by atoms with Crippen molar-refractivity contribution < 1.29 is 0 Å². The van der Waals surface area contributed by atoms with Crippen LogP contribution in [-0.2, 0) is 0 Å². The van der Waals surface area contributed by atoms with Crippen molar-refractivity contribution in [2.45, 2.75) is 51.4 Å². The minimum absolute atomic E-state index is 0.755. The minimum Gasteiger partial charge on any atom is -0.317 e. The maximum Gasteiger partial charge on any atom is 0.00386 e. The highest BCUT2D eigenvalue weighted by atomic mass is 15.2. The average molecular weight is 236 g/mol. The molecule has 2 aliphatic heterocycles. The summed E-state index contributed by atoms with van der Waals surface area (Å²) in [5, 5.41) is 3.48. The Balaban J connectivity index is 1.49. The Labute approximate surface area is 106 Å². The molecule has 2 heterocycles. The Bertz CT molecular complexity index is 239. The van der Waals surface area contributed by atoms with Crippen LogP contribution in [0.2, 0.25) is 0 Å². The normalized spacial score (nSPS) is 31.1. The summed E-state index contributed by atoms with van der Waals surface area (Å²) < 4.78 is 0. The second-order valence-electron chi connectivity index (χ2n) is 6.74. The van der Waals surface area contributed by atoms with Crippen LogP contribution in [0.3, 0.4) is 0 Å².